The number of carbonyl (C=O) groups excluding carboxylic acids is 2. The van der Waals surface area contributed by atoms with Crippen molar-refractivity contribution in [1.82, 2.24) is 5.32 Å². The normalized spacial score (nSPS) is 11.0. The molecule has 25 heavy (non-hydrogen) atoms. The van der Waals surface area contributed by atoms with E-state index in [2.05, 4.69) is 10.1 Å². The van der Waals surface area contributed by atoms with Gasteiger partial charge >= 0.3 is 5.97 Å². The molecule has 0 aliphatic heterocycles. The third-order valence-corrected chi connectivity index (χ3v) is 3.93. The first-order valence-corrected chi connectivity index (χ1v) is 8.31. The molecule has 0 atom stereocenters. The van der Waals surface area contributed by atoms with Crippen molar-refractivity contribution in [3.8, 4) is 0 Å². The summed E-state index contributed by atoms with van der Waals surface area (Å²) in [5.74, 6) is -0.801. The SMILES string of the molecule is COC(=O)CNC(=O)/C=C(/CCc1ccc(Cl)cc1)c1ccccc1. The molecule has 2 aromatic carbocycles. The molecule has 5 heteroatoms. The minimum Gasteiger partial charge on any atom is -0.468 e. The second kappa shape index (κ2) is 9.64. The minimum absolute atomic E-state index is 0.148. The predicted molar refractivity (Wildman–Crippen MR) is 99.2 cm³/mol. The van der Waals surface area contributed by atoms with Crippen LogP contribution in [0.2, 0.25) is 5.02 Å². The van der Waals surface area contributed by atoms with Crippen molar-refractivity contribution in [3.63, 3.8) is 0 Å². The van der Waals surface area contributed by atoms with Crippen LogP contribution in [0.1, 0.15) is 17.5 Å². The van der Waals surface area contributed by atoms with Gasteiger partial charge < -0.3 is 10.1 Å². The third kappa shape index (κ3) is 6.43. The summed E-state index contributed by atoms with van der Waals surface area (Å²) in [6, 6.07) is 17.4. The Hall–Kier alpha value is -2.59. The van der Waals surface area contributed by atoms with Gasteiger partial charge in [0.05, 0.1) is 7.11 Å². The van der Waals surface area contributed by atoms with E-state index in [0.29, 0.717) is 11.4 Å². The van der Waals surface area contributed by atoms with Crippen LogP contribution in [-0.2, 0) is 20.7 Å². The lowest BCUT2D eigenvalue weighted by Gasteiger charge is -2.09. The maximum absolute atomic E-state index is 12.1. The number of rotatable bonds is 7. The number of benzene rings is 2. The van der Waals surface area contributed by atoms with E-state index in [-0.39, 0.29) is 12.5 Å². The zero-order valence-corrected chi connectivity index (χ0v) is 14.8. The van der Waals surface area contributed by atoms with Gasteiger partial charge in [-0.3, -0.25) is 9.59 Å². The van der Waals surface area contributed by atoms with Gasteiger partial charge in [0.2, 0.25) is 5.91 Å². The topological polar surface area (TPSA) is 55.4 Å². The Kier molecular flexibility index (Phi) is 7.23. The zero-order valence-electron chi connectivity index (χ0n) is 14.0. The molecule has 0 aromatic heterocycles. The van der Waals surface area contributed by atoms with Crippen LogP contribution in [0.3, 0.4) is 0 Å². The molecule has 0 fully saturated rings. The van der Waals surface area contributed by atoms with Crippen molar-refractivity contribution in [3.05, 3.63) is 76.8 Å². The van der Waals surface area contributed by atoms with Crippen molar-refractivity contribution in [2.45, 2.75) is 12.8 Å². The number of ether oxygens (including phenoxy) is 1. The summed E-state index contributed by atoms with van der Waals surface area (Å²) in [6.45, 7) is -0.148. The first-order valence-electron chi connectivity index (χ1n) is 7.93. The number of hydrogen-bond acceptors (Lipinski definition) is 3. The molecule has 0 saturated heterocycles. The van der Waals surface area contributed by atoms with E-state index in [1.807, 2.05) is 54.6 Å². The van der Waals surface area contributed by atoms with E-state index in [0.717, 1.165) is 23.1 Å². The fraction of sp³-hybridized carbons (Fsp3) is 0.200. The molecule has 130 valence electrons. The second-order valence-electron chi connectivity index (χ2n) is 5.46. The molecular formula is C20H20ClNO3. The molecule has 1 N–H and O–H groups in total. The fourth-order valence-electron chi connectivity index (χ4n) is 2.32. The molecule has 0 spiro atoms. The summed E-state index contributed by atoms with van der Waals surface area (Å²) < 4.78 is 4.52. The Labute approximate surface area is 152 Å². The number of carbonyl (C=O) groups is 2. The molecule has 0 aliphatic rings. The van der Waals surface area contributed by atoms with Crippen LogP contribution in [-0.4, -0.2) is 25.5 Å². The van der Waals surface area contributed by atoms with Crippen LogP contribution in [0.15, 0.2) is 60.7 Å². The summed E-state index contributed by atoms with van der Waals surface area (Å²) in [5, 5.41) is 3.23. The highest BCUT2D eigenvalue weighted by Crippen LogP contribution is 2.21. The molecule has 0 bridgehead atoms. The van der Waals surface area contributed by atoms with Gasteiger partial charge in [0.1, 0.15) is 6.54 Å². The smallest absolute Gasteiger partial charge is 0.325 e. The van der Waals surface area contributed by atoms with Gasteiger partial charge in [-0.1, -0.05) is 54.1 Å². The number of nitrogens with one attached hydrogen (secondary N) is 1. The van der Waals surface area contributed by atoms with Crippen molar-refractivity contribution in [2.24, 2.45) is 0 Å². The Bertz CT molecular complexity index is 739. The molecule has 0 aliphatic carbocycles. The van der Waals surface area contributed by atoms with Gasteiger partial charge in [-0.15, -0.1) is 0 Å². The Balaban J connectivity index is 2.10. The standard InChI is InChI=1S/C20H20ClNO3/c1-25-20(24)14-22-19(23)13-17(16-5-3-2-4-6-16)10-7-15-8-11-18(21)12-9-15/h2-6,8-9,11-13H,7,10,14H2,1H3,(H,22,23)/b17-13-. The van der Waals surface area contributed by atoms with Crippen molar-refractivity contribution in [2.75, 3.05) is 13.7 Å². The Morgan fingerprint density at radius 2 is 1.76 bits per heavy atom. The van der Waals surface area contributed by atoms with Gasteiger partial charge in [0.25, 0.3) is 0 Å². The monoisotopic (exact) mass is 357 g/mol. The number of methoxy groups -OCH3 is 1. The molecular weight excluding hydrogens is 338 g/mol. The van der Waals surface area contributed by atoms with Gasteiger partial charge in [-0.25, -0.2) is 0 Å². The van der Waals surface area contributed by atoms with Crippen LogP contribution >= 0.6 is 11.6 Å². The van der Waals surface area contributed by atoms with E-state index in [4.69, 9.17) is 11.6 Å². The van der Waals surface area contributed by atoms with Gasteiger partial charge in [-0.2, -0.15) is 0 Å². The second-order valence-corrected chi connectivity index (χ2v) is 5.89. The van der Waals surface area contributed by atoms with Gasteiger partial charge in [-0.05, 0) is 41.7 Å². The molecule has 0 heterocycles. The highest BCUT2D eigenvalue weighted by molar-refractivity contribution is 6.30. The summed E-state index contributed by atoms with van der Waals surface area (Å²) >= 11 is 5.91. The van der Waals surface area contributed by atoms with E-state index < -0.39 is 5.97 Å². The van der Waals surface area contributed by atoms with Crippen molar-refractivity contribution in [1.29, 1.82) is 0 Å². The molecule has 0 saturated carbocycles. The fourth-order valence-corrected chi connectivity index (χ4v) is 2.45. The number of aryl methyl sites for hydroxylation is 1. The lowest BCUT2D eigenvalue weighted by atomic mass is 9.98. The van der Waals surface area contributed by atoms with Crippen LogP contribution in [0.25, 0.3) is 5.57 Å². The van der Waals surface area contributed by atoms with Crippen LogP contribution in [0.5, 0.6) is 0 Å². The minimum atomic E-state index is -0.482. The van der Waals surface area contributed by atoms with E-state index in [1.165, 1.54) is 13.2 Å². The molecule has 2 rings (SSSR count). The molecule has 4 nitrogen and oxygen atoms in total. The van der Waals surface area contributed by atoms with E-state index in [9.17, 15) is 9.59 Å². The predicted octanol–water partition coefficient (Wildman–Crippen LogP) is 3.65. The van der Waals surface area contributed by atoms with Crippen LogP contribution < -0.4 is 5.32 Å². The third-order valence-electron chi connectivity index (χ3n) is 3.68. The zero-order chi connectivity index (χ0) is 18.1. The first-order chi connectivity index (χ1) is 12.1. The summed E-state index contributed by atoms with van der Waals surface area (Å²) in [4.78, 5) is 23.2. The summed E-state index contributed by atoms with van der Waals surface area (Å²) in [7, 11) is 1.28. The van der Waals surface area contributed by atoms with Crippen LogP contribution in [0.4, 0.5) is 0 Å². The quantitative estimate of drug-likeness (QED) is 0.608. The average molecular weight is 358 g/mol. The molecule has 0 unspecified atom stereocenters. The van der Waals surface area contributed by atoms with Gasteiger partial charge in [0.15, 0.2) is 0 Å². The maximum Gasteiger partial charge on any atom is 0.325 e. The largest absolute Gasteiger partial charge is 0.468 e. The maximum atomic E-state index is 12.1. The number of esters is 1. The summed E-state index contributed by atoms with van der Waals surface area (Å²) in [6.07, 6.45) is 3.01. The van der Waals surface area contributed by atoms with Crippen LogP contribution in [0, 0.1) is 0 Å². The number of allylic oxidation sites excluding steroid dienone is 1. The summed E-state index contributed by atoms with van der Waals surface area (Å²) in [5.41, 5.74) is 3.02. The number of halogens is 1. The first kappa shape index (κ1) is 18.7. The highest BCUT2D eigenvalue weighted by Gasteiger charge is 2.07. The van der Waals surface area contributed by atoms with Crippen molar-refractivity contribution >= 4 is 29.1 Å². The number of amides is 1. The molecule has 1 amide bonds. The lowest BCUT2D eigenvalue weighted by molar-refractivity contribution is -0.140. The Morgan fingerprint density at radius 3 is 2.40 bits per heavy atom. The molecule has 0 radical (unpaired) electrons. The van der Waals surface area contributed by atoms with Gasteiger partial charge in [0, 0.05) is 11.1 Å². The Morgan fingerprint density at radius 1 is 1.08 bits per heavy atom. The van der Waals surface area contributed by atoms with E-state index >= 15 is 0 Å². The van der Waals surface area contributed by atoms with Crippen molar-refractivity contribution < 1.29 is 14.3 Å². The molecule has 2 aromatic rings. The average Bonchev–Trinajstić information content (AvgIpc) is 2.65. The van der Waals surface area contributed by atoms with E-state index in [1.54, 1.807) is 0 Å². The number of hydrogen-bond donors (Lipinski definition) is 1. The highest BCUT2D eigenvalue weighted by atomic mass is 35.5. The lowest BCUT2D eigenvalue weighted by Crippen LogP contribution is -2.28.